The Balaban J connectivity index is 2.18. The van der Waals surface area contributed by atoms with Crippen LogP contribution in [0.3, 0.4) is 0 Å². The first kappa shape index (κ1) is 14.4. The molecule has 2 N–H and O–H groups in total. The SMILES string of the molecule is Cc1ccc(N2CC(CS(N)(=O)=O)CC2=O)nc1Br. The van der Waals surface area contributed by atoms with Crippen LogP contribution in [0.1, 0.15) is 12.0 Å². The normalized spacial score (nSPS) is 20.1. The first-order valence-corrected chi connectivity index (χ1v) is 8.21. The third-order valence-corrected chi connectivity index (χ3v) is 4.71. The van der Waals surface area contributed by atoms with Crippen LogP contribution in [0.15, 0.2) is 16.7 Å². The molecule has 1 aromatic rings. The molecule has 6 nitrogen and oxygen atoms in total. The second-order valence-corrected chi connectivity index (χ2v) is 7.09. The van der Waals surface area contributed by atoms with Crippen LogP contribution in [0, 0.1) is 12.8 Å². The molecule has 104 valence electrons. The number of amides is 1. The summed E-state index contributed by atoms with van der Waals surface area (Å²) in [4.78, 5) is 17.7. The number of aryl methyl sites for hydroxylation is 1. The molecule has 0 aliphatic carbocycles. The molecule has 2 rings (SSSR count). The lowest BCUT2D eigenvalue weighted by Gasteiger charge is -2.16. The third-order valence-electron chi connectivity index (χ3n) is 2.97. The minimum absolute atomic E-state index is 0.128. The molecule has 8 heteroatoms. The Labute approximate surface area is 120 Å². The van der Waals surface area contributed by atoms with Gasteiger partial charge >= 0.3 is 0 Å². The predicted molar refractivity (Wildman–Crippen MR) is 75.1 cm³/mol. The summed E-state index contributed by atoms with van der Waals surface area (Å²) in [5, 5.41) is 5.01. The number of carbonyl (C=O) groups is 1. The molecule has 1 aliphatic rings. The van der Waals surface area contributed by atoms with Crippen LogP contribution < -0.4 is 10.0 Å². The van der Waals surface area contributed by atoms with E-state index in [9.17, 15) is 13.2 Å². The van der Waals surface area contributed by atoms with E-state index in [-0.39, 0.29) is 24.0 Å². The van der Waals surface area contributed by atoms with Crippen LogP contribution in [0.4, 0.5) is 5.82 Å². The summed E-state index contributed by atoms with van der Waals surface area (Å²) >= 11 is 3.31. The highest BCUT2D eigenvalue weighted by Crippen LogP contribution is 2.26. The van der Waals surface area contributed by atoms with Crippen molar-refractivity contribution in [1.82, 2.24) is 4.98 Å². The van der Waals surface area contributed by atoms with E-state index in [0.29, 0.717) is 17.0 Å². The van der Waals surface area contributed by atoms with E-state index in [4.69, 9.17) is 5.14 Å². The fourth-order valence-electron chi connectivity index (χ4n) is 2.09. The van der Waals surface area contributed by atoms with Crippen molar-refractivity contribution in [2.24, 2.45) is 11.1 Å². The molecule has 0 bridgehead atoms. The summed E-state index contributed by atoms with van der Waals surface area (Å²) in [7, 11) is -3.56. The Bertz CT molecular complexity index is 618. The smallest absolute Gasteiger partial charge is 0.228 e. The molecule has 0 aromatic carbocycles. The monoisotopic (exact) mass is 347 g/mol. The number of aromatic nitrogens is 1. The first-order chi connectivity index (χ1) is 8.76. The van der Waals surface area contributed by atoms with Crippen molar-refractivity contribution < 1.29 is 13.2 Å². The van der Waals surface area contributed by atoms with Crippen LogP contribution in [-0.4, -0.2) is 31.6 Å². The summed E-state index contributed by atoms with van der Waals surface area (Å²) in [6.07, 6.45) is 0.184. The van der Waals surface area contributed by atoms with Gasteiger partial charge in [0.05, 0.1) is 5.75 Å². The standard InChI is InChI=1S/C11H14BrN3O3S/c1-7-2-3-9(14-11(7)12)15-5-8(4-10(15)16)6-19(13,17)18/h2-3,8H,4-6H2,1H3,(H2,13,17,18). The number of primary sulfonamides is 1. The maximum absolute atomic E-state index is 11.9. The quantitative estimate of drug-likeness (QED) is 0.818. The van der Waals surface area contributed by atoms with Crippen LogP contribution >= 0.6 is 15.9 Å². The average Bonchev–Trinajstić information content (AvgIpc) is 2.61. The molecular formula is C11H14BrN3O3S. The van der Waals surface area contributed by atoms with E-state index < -0.39 is 10.0 Å². The summed E-state index contributed by atoms with van der Waals surface area (Å²) in [5.74, 6) is -0.0527. The lowest BCUT2D eigenvalue weighted by Crippen LogP contribution is -2.28. The van der Waals surface area contributed by atoms with Crippen molar-refractivity contribution in [2.45, 2.75) is 13.3 Å². The molecule has 1 saturated heterocycles. The third kappa shape index (κ3) is 3.52. The highest BCUT2D eigenvalue weighted by atomic mass is 79.9. The number of carbonyl (C=O) groups excluding carboxylic acids is 1. The van der Waals surface area contributed by atoms with Gasteiger partial charge in [-0.1, -0.05) is 6.07 Å². The van der Waals surface area contributed by atoms with Gasteiger partial charge in [-0.3, -0.25) is 9.69 Å². The second-order valence-electron chi connectivity index (χ2n) is 4.68. The predicted octanol–water partition coefficient (Wildman–Crippen LogP) is 0.794. The number of pyridine rings is 1. The maximum atomic E-state index is 11.9. The van der Waals surface area contributed by atoms with Crippen molar-refractivity contribution in [3.63, 3.8) is 0 Å². The van der Waals surface area contributed by atoms with Gasteiger partial charge in [-0.2, -0.15) is 0 Å². The zero-order valence-corrected chi connectivity index (χ0v) is 12.7. The lowest BCUT2D eigenvalue weighted by molar-refractivity contribution is -0.117. The van der Waals surface area contributed by atoms with Gasteiger partial charge in [-0.15, -0.1) is 0 Å². The number of hydrogen-bond donors (Lipinski definition) is 1. The number of nitrogens with zero attached hydrogens (tertiary/aromatic N) is 2. The molecule has 1 aliphatic heterocycles. The fraction of sp³-hybridized carbons (Fsp3) is 0.455. The topological polar surface area (TPSA) is 93.4 Å². The summed E-state index contributed by atoms with van der Waals surface area (Å²) in [5.41, 5.74) is 0.969. The van der Waals surface area contributed by atoms with E-state index in [2.05, 4.69) is 20.9 Å². The number of halogens is 1. The second kappa shape index (κ2) is 5.18. The Kier molecular flexibility index (Phi) is 3.93. The Hall–Kier alpha value is -0.990. The highest BCUT2D eigenvalue weighted by Gasteiger charge is 2.33. The van der Waals surface area contributed by atoms with E-state index >= 15 is 0 Å². The van der Waals surface area contributed by atoms with Gasteiger partial charge in [0.15, 0.2) is 0 Å². The molecule has 0 saturated carbocycles. The maximum Gasteiger partial charge on any atom is 0.228 e. The molecule has 19 heavy (non-hydrogen) atoms. The average molecular weight is 348 g/mol. The Morgan fingerprint density at radius 3 is 2.79 bits per heavy atom. The van der Waals surface area contributed by atoms with Gasteiger partial charge in [0.1, 0.15) is 10.4 Å². The zero-order chi connectivity index (χ0) is 14.2. The fourth-order valence-corrected chi connectivity index (χ4v) is 3.28. The molecule has 1 amide bonds. The van der Waals surface area contributed by atoms with Gasteiger partial charge in [0.25, 0.3) is 0 Å². The number of sulfonamides is 1. The number of anilines is 1. The van der Waals surface area contributed by atoms with Crippen molar-refractivity contribution >= 4 is 37.7 Å². The van der Waals surface area contributed by atoms with Crippen LogP contribution in [-0.2, 0) is 14.8 Å². The van der Waals surface area contributed by atoms with E-state index in [1.54, 1.807) is 6.07 Å². The highest BCUT2D eigenvalue weighted by molar-refractivity contribution is 9.10. The largest absolute Gasteiger partial charge is 0.296 e. The number of nitrogens with two attached hydrogens (primary N) is 1. The van der Waals surface area contributed by atoms with E-state index in [0.717, 1.165) is 5.56 Å². The molecular weight excluding hydrogens is 334 g/mol. The van der Waals surface area contributed by atoms with Crippen molar-refractivity contribution in [1.29, 1.82) is 0 Å². The first-order valence-electron chi connectivity index (χ1n) is 5.70. The molecule has 1 atom stereocenters. The number of hydrogen-bond acceptors (Lipinski definition) is 4. The van der Waals surface area contributed by atoms with Gasteiger partial charge < -0.3 is 0 Å². The van der Waals surface area contributed by atoms with Gasteiger partial charge in [0.2, 0.25) is 15.9 Å². The van der Waals surface area contributed by atoms with Crippen molar-refractivity contribution in [3.8, 4) is 0 Å². The van der Waals surface area contributed by atoms with Crippen molar-refractivity contribution in [3.05, 3.63) is 22.3 Å². The van der Waals surface area contributed by atoms with E-state index in [1.165, 1.54) is 4.90 Å². The lowest BCUT2D eigenvalue weighted by atomic mass is 10.1. The molecule has 1 unspecified atom stereocenters. The summed E-state index contributed by atoms with van der Waals surface area (Å²) in [6.45, 7) is 2.23. The molecule has 1 fully saturated rings. The Morgan fingerprint density at radius 1 is 1.53 bits per heavy atom. The van der Waals surface area contributed by atoms with Gasteiger partial charge in [-0.25, -0.2) is 18.5 Å². The van der Waals surface area contributed by atoms with Crippen molar-refractivity contribution in [2.75, 3.05) is 17.2 Å². The molecule has 0 radical (unpaired) electrons. The minimum atomic E-state index is -3.56. The van der Waals surface area contributed by atoms with Crippen LogP contribution in [0.25, 0.3) is 0 Å². The summed E-state index contributed by atoms with van der Waals surface area (Å²) < 4.78 is 22.8. The minimum Gasteiger partial charge on any atom is -0.296 e. The van der Waals surface area contributed by atoms with Crippen LogP contribution in [0.2, 0.25) is 0 Å². The molecule has 2 heterocycles. The molecule has 0 spiro atoms. The van der Waals surface area contributed by atoms with Crippen LogP contribution in [0.5, 0.6) is 0 Å². The Morgan fingerprint density at radius 2 is 2.21 bits per heavy atom. The zero-order valence-electron chi connectivity index (χ0n) is 10.3. The molecule has 1 aromatic heterocycles. The van der Waals surface area contributed by atoms with Gasteiger partial charge in [0, 0.05) is 18.9 Å². The summed E-state index contributed by atoms with van der Waals surface area (Å²) in [6, 6.07) is 3.60. The van der Waals surface area contributed by atoms with Gasteiger partial charge in [-0.05, 0) is 34.5 Å². The number of rotatable bonds is 3. The van der Waals surface area contributed by atoms with E-state index in [1.807, 2.05) is 13.0 Å².